The predicted octanol–water partition coefficient (Wildman–Crippen LogP) is 3.40. The second-order valence-corrected chi connectivity index (χ2v) is 3.98. The van der Waals surface area contributed by atoms with E-state index in [4.69, 9.17) is 0 Å². The topological polar surface area (TPSA) is 72.2 Å². The third-order valence-electron chi connectivity index (χ3n) is 2.62. The van der Waals surface area contributed by atoms with Crippen LogP contribution in [0.1, 0.15) is 10.4 Å². The van der Waals surface area contributed by atoms with E-state index in [2.05, 4.69) is 5.32 Å². The van der Waals surface area contributed by atoms with E-state index in [1.807, 2.05) is 30.3 Å². The number of hydrogen-bond acceptors (Lipinski definition) is 4. The number of benzene rings is 2. The molecule has 2 rings (SSSR count). The molecule has 100 valence electrons. The number of nitrogens with zero attached hydrogens (tertiary/aromatic N) is 1. The normalized spacial score (nSPS) is 10.4. The van der Waals surface area contributed by atoms with Gasteiger partial charge in [-0.05, 0) is 18.2 Å². The van der Waals surface area contributed by atoms with Gasteiger partial charge in [-0.2, -0.15) is 0 Å². The van der Waals surface area contributed by atoms with Gasteiger partial charge in [0.2, 0.25) is 0 Å². The Kier molecular flexibility index (Phi) is 4.24. The van der Waals surface area contributed by atoms with E-state index in [-0.39, 0.29) is 11.3 Å². The van der Waals surface area contributed by atoms with Crippen molar-refractivity contribution in [3.05, 3.63) is 82.6 Å². The molecule has 0 unspecified atom stereocenters. The van der Waals surface area contributed by atoms with E-state index >= 15 is 0 Å². The molecule has 0 radical (unpaired) electrons. The fraction of sp³-hybridized carbons (Fsp3) is 0. The van der Waals surface area contributed by atoms with E-state index in [1.54, 1.807) is 6.07 Å². The molecule has 0 saturated heterocycles. The van der Waals surface area contributed by atoms with Crippen LogP contribution in [-0.4, -0.2) is 10.7 Å². The van der Waals surface area contributed by atoms with Crippen molar-refractivity contribution >= 4 is 17.2 Å². The third kappa shape index (κ3) is 3.29. The Morgan fingerprint density at radius 3 is 2.40 bits per heavy atom. The first-order valence-corrected chi connectivity index (χ1v) is 5.94. The fourth-order valence-electron chi connectivity index (χ4n) is 1.68. The number of nitro benzene ring substituents is 1. The molecule has 0 saturated carbocycles. The number of para-hydroxylation sites is 2. The zero-order valence-corrected chi connectivity index (χ0v) is 10.5. The van der Waals surface area contributed by atoms with Crippen molar-refractivity contribution < 1.29 is 9.72 Å². The lowest BCUT2D eigenvalue weighted by molar-refractivity contribution is -0.385. The zero-order valence-electron chi connectivity index (χ0n) is 10.5. The number of allylic oxidation sites excluding steroid dienone is 1. The smallest absolute Gasteiger partial charge is 0.280 e. The molecule has 0 heterocycles. The number of carbonyl (C=O) groups excluding carboxylic acids is 1. The first kappa shape index (κ1) is 13.5. The van der Waals surface area contributed by atoms with Gasteiger partial charge in [-0.25, -0.2) is 0 Å². The van der Waals surface area contributed by atoms with Crippen LogP contribution in [0.4, 0.5) is 11.4 Å². The number of nitro groups is 1. The molecule has 0 fully saturated rings. The Hall–Kier alpha value is -2.95. The van der Waals surface area contributed by atoms with Crippen molar-refractivity contribution in [2.75, 3.05) is 5.32 Å². The van der Waals surface area contributed by atoms with E-state index in [0.29, 0.717) is 0 Å². The molecule has 0 aromatic heterocycles. The molecule has 0 bridgehead atoms. The first-order chi connectivity index (χ1) is 9.68. The van der Waals surface area contributed by atoms with Gasteiger partial charge in [0.25, 0.3) is 5.69 Å². The van der Waals surface area contributed by atoms with Gasteiger partial charge in [0.05, 0.1) is 10.5 Å². The Balaban J connectivity index is 2.11. The third-order valence-corrected chi connectivity index (χ3v) is 2.62. The Bertz CT molecular complexity index is 651. The molecule has 20 heavy (non-hydrogen) atoms. The summed E-state index contributed by atoms with van der Waals surface area (Å²) in [5, 5.41) is 13.8. The summed E-state index contributed by atoms with van der Waals surface area (Å²) >= 11 is 0. The van der Waals surface area contributed by atoms with Crippen molar-refractivity contribution in [3.8, 4) is 0 Å². The van der Waals surface area contributed by atoms with Gasteiger partial charge < -0.3 is 5.32 Å². The van der Waals surface area contributed by atoms with Crippen LogP contribution >= 0.6 is 0 Å². The lowest BCUT2D eigenvalue weighted by atomic mass is 10.1. The van der Waals surface area contributed by atoms with Gasteiger partial charge in [-0.3, -0.25) is 14.9 Å². The predicted molar refractivity (Wildman–Crippen MR) is 76.6 cm³/mol. The minimum atomic E-state index is -0.564. The van der Waals surface area contributed by atoms with E-state index < -0.39 is 10.7 Å². The highest BCUT2D eigenvalue weighted by molar-refractivity contribution is 6.07. The van der Waals surface area contributed by atoms with E-state index in [1.165, 1.54) is 30.5 Å². The molecular formula is C15H12N2O3. The Morgan fingerprint density at radius 2 is 1.70 bits per heavy atom. The van der Waals surface area contributed by atoms with Gasteiger partial charge in [-0.1, -0.05) is 30.3 Å². The van der Waals surface area contributed by atoms with E-state index in [9.17, 15) is 14.9 Å². The van der Waals surface area contributed by atoms with Crippen LogP contribution in [0.2, 0.25) is 0 Å². The number of anilines is 1. The summed E-state index contributed by atoms with van der Waals surface area (Å²) in [6.07, 6.45) is 2.74. The quantitative estimate of drug-likeness (QED) is 0.390. The average Bonchev–Trinajstić information content (AvgIpc) is 2.48. The molecule has 2 aromatic rings. The molecule has 2 aromatic carbocycles. The highest BCUT2D eigenvalue weighted by Crippen LogP contribution is 2.18. The van der Waals surface area contributed by atoms with Gasteiger partial charge in [0.1, 0.15) is 0 Å². The molecule has 5 nitrogen and oxygen atoms in total. The molecule has 1 N–H and O–H groups in total. The van der Waals surface area contributed by atoms with Gasteiger partial charge >= 0.3 is 0 Å². The van der Waals surface area contributed by atoms with Crippen molar-refractivity contribution in [1.29, 1.82) is 0 Å². The van der Waals surface area contributed by atoms with Crippen molar-refractivity contribution in [1.82, 2.24) is 0 Å². The largest absolute Gasteiger partial charge is 0.362 e. The molecule has 0 atom stereocenters. The van der Waals surface area contributed by atoms with Crippen LogP contribution in [0.5, 0.6) is 0 Å². The summed E-state index contributed by atoms with van der Waals surface area (Å²) in [5.41, 5.74) is 0.713. The minimum absolute atomic E-state index is 0.0728. The molecule has 0 aliphatic rings. The maximum absolute atomic E-state index is 11.9. The highest BCUT2D eigenvalue weighted by Gasteiger charge is 2.16. The van der Waals surface area contributed by atoms with E-state index in [0.717, 1.165) is 5.69 Å². The average molecular weight is 268 g/mol. The molecule has 0 spiro atoms. The van der Waals surface area contributed by atoms with Crippen molar-refractivity contribution in [2.45, 2.75) is 0 Å². The molecule has 0 aliphatic carbocycles. The van der Waals surface area contributed by atoms with Crippen LogP contribution in [-0.2, 0) is 0 Å². The standard InChI is InChI=1S/C15H12N2O3/c18-15(10-11-16-12-6-2-1-3-7-12)13-8-4-5-9-14(13)17(19)20/h1-11,16H. The van der Waals surface area contributed by atoms with Gasteiger partial charge in [0, 0.05) is 24.0 Å². The maximum atomic E-state index is 11.9. The molecular weight excluding hydrogens is 256 g/mol. The zero-order chi connectivity index (χ0) is 14.4. The summed E-state index contributed by atoms with van der Waals surface area (Å²) in [5.74, 6) is -0.416. The van der Waals surface area contributed by atoms with Crippen LogP contribution in [0.3, 0.4) is 0 Å². The molecule has 0 aliphatic heterocycles. The molecule has 5 heteroatoms. The number of ketones is 1. The second kappa shape index (κ2) is 6.29. The minimum Gasteiger partial charge on any atom is -0.362 e. The summed E-state index contributed by atoms with van der Waals surface area (Å²) in [7, 11) is 0. The second-order valence-electron chi connectivity index (χ2n) is 3.98. The number of carbonyl (C=O) groups is 1. The monoisotopic (exact) mass is 268 g/mol. The molecule has 0 amide bonds. The summed E-state index contributed by atoms with van der Waals surface area (Å²) in [6.45, 7) is 0. The number of hydrogen-bond donors (Lipinski definition) is 1. The summed E-state index contributed by atoms with van der Waals surface area (Å²) in [4.78, 5) is 22.2. The van der Waals surface area contributed by atoms with Crippen LogP contribution < -0.4 is 5.32 Å². The van der Waals surface area contributed by atoms with Crippen molar-refractivity contribution in [3.63, 3.8) is 0 Å². The number of rotatable bonds is 5. The lowest BCUT2D eigenvalue weighted by Crippen LogP contribution is -2.01. The highest BCUT2D eigenvalue weighted by atomic mass is 16.6. The van der Waals surface area contributed by atoms with Crippen LogP contribution in [0.25, 0.3) is 0 Å². The Labute approximate surface area is 115 Å². The van der Waals surface area contributed by atoms with Crippen LogP contribution in [0.15, 0.2) is 66.9 Å². The van der Waals surface area contributed by atoms with Gasteiger partial charge in [-0.15, -0.1) is 0 Å². The SMILES string of the molecule is O=C(C=CNc1ccccc1)c1ccccc1[N+](=O)[O-]. The number of nitrogens with one attached hydrogen (secondary N) is 1. The maximum Gasteiger partial charge on any atom is 0.280 e. The van der Waals surface area contributed by atoms with Crippen molar-refractivity contribution in [2.24, 2.45) is 0 Å². The fourth-order valence-corrected chi connectivity index (χ4v) is 1.68. The van der Waals surface area contributed by atoms with Crippen LogP contribution in [0, 0.1) is 10.1 Å². The lowest BCUT2D eigenvalue weighted by Gasteiger charge is -2.00. The Morgan fingerprint density at radius 1 is 1.05 bits per heavy atom. The summed E-state index contributed by atoms with van der Waals surface area (Å²) in [6, 6.07) is 15.2. The first-order valence-electron chi connectivity index (χ1n) is 5.94. The van der Waals surface area contributed by atoms with Gasteiger partial charge in [0.15, 0.2) is 5.78 Å². The summed E-state index contributed by atoms with van der Waals surface area (Å²) < 4.78 is 0.